The lowest BCUT2D eigenvalue weighted by atomic mass is 9.89. The molecule has 33 heavy (non-hydrogen) atoms. The molecule has 2 saturated carbocycles. The summed E-state index contributed by atoms with van der Waals surface area (Å²) in [5.41, 5.74) is 1.14. The molecule has 1 aromatic carbocycles. The van der Waals surface area contributed by atoms with Gasteiger partial charge in [0.1, 0.15) is 0 Å². The maximum Gasteiger partial charge on any atom is 0.243 e. The molecule has 1 aliphatic heterocycles. The highest BCUT2D eigenvalue weighted by molar-refractivity contribution is 7.89. The largest absolute Gasteiger partial charge is 0.378 e. The Bertz CT molecular complexity index is 846. The van der Waals surface area contributed by atoms with Gasteiger partial charge in [-0.15, -0.1) is 0 Å². The van der Waals surface area contributed by atoms with Crippen LogP contribution in [0.3, 0.4) is 0 Å². The van der Waals surface area contributed by atoms with Gasteiger partial charge in [0.25, 0.3) is 0 Å². The monoisotopic (exact) mass is 476 g/mol. The van der Waals surface area contributed by atoms with Gasteiger partial charge in [-0.3, -0.25) is 0 Å². The van der Waals surface area contributed by atoms with Gasteiger partial charge in [-0.25, -0.2) is 8.42 Å². The zero-order chi connectivity index (χ0) is 23.3. The van der Waals surface area contributed by atoms with Crippen LogP contribution in [0, 0.1) is 11.3 Å². The first kappa shape index (κ1) is 25.0. The minimum Gasteiger partial charge on any atom is -0.378 e. The van der Waals surface area contributed by atoms with Crippen molar-refractivity contribution in [2.45, 2.75) is 62.7 Å². The maximum atomic E-state index is 13.7. The Morgan fingerprint density at radius 1 is 0.970 bits per heavy atom. The van der Waals surface area contributed by atoms with Gasteiger partial charge >= 0.3 is 0 Å². The molecular weight excluding hydrogens is 432 g/mol. The lowest BCUT2D eigenvalue weighted by Crippen LogP contribution is -2.43. The van der Waals surface area contributed by atoms with E-state index in [4.69, 9.17) is 0 Å². The standard InChI is InChI=1S/C26H44N4O2S/c1-28(2)24-10-12-25(13-11-24)33(31,32)30-19-7-18-29(20-23-8-4-3-5-9-23)17-6-16-27-21-26(22-30)14-15-26/h10-13,23,27H,3-9,14-22H2,1-2H3. The molecule has 0 radical (unpaired) electrons. The molecule has 3 aliphatic rings. The molecule has 0 aromatic heterocycles. The summed E-state index contributed by atoms with van der Waals surface area (Å²) < 4.78 is 29.2. The zero-order valence-electron chi connectivity index (χ0n) is 20.8. The number of hydrogen-bond donors (Lipinski definition) is 1. The van der Waals surface area contributed by atoms with Gasteiger partial charge in [-0.1, -0.05) is 19.3 Å². The molecule has 7 heteroatoms. The molecule has 186 valence electrons. The van der Waals surface area contributed by atoms with Crippen molar-refractivity contribution in [3.63, 3.8) is 0 Å². The van der Waals surface area contributed by atoms with E-state index in [1.54, 1.807) is 16.4 Å². The van der Waals surface area contributed by atoms with Crippen LogP contribution in [0.4, 0.5) is 5.69 Å². The number of sulfonamides is 1. The second-order valence-corrected chi connectivity index (χ2v) is 12.9. The highest BCUT2D eigenvalue weighted by atomic mass is 32.2. The van der Waals surface area contributed by atoms with Crippen LogP contribution in [0.15, 0.2) is 29.2 Å². The van der Waals surface area contributed by atoms with Crippen LogP contribution in [0.2, 0.25) is 0 Å². The van der Waals surface area contributed by atoms with Gasteiger partial charge in [0.05, 0.1) is 4.90 Å². The van der Waals surface area contributed by atoms with Gasteiger partial charge in [-0.2, -0.15) is 4.31 Å². The number of nitrogens with zero attached hydrogens (tertiary/aromatic N) is 3. The van der Waals surface area contributed by atoms with Gasteiger partial charge in [0, 0.05) is 46.0 Å². The van der Waals surface area contributed by atoms with Crippen molar-refractivity contribution >= 4 is 15.7 Å². The van der Waals surface area contributed by atoms with Crippen molar-refractivity contribution in [3.8, 4) is 0 Å². The molecule has 1 aromatic rings. The quantitative estimate of drug-likeness (QED) is 0.701. The number of rotatable bonds is 5. The van der Waals surface area contributed by atoms with Crippen LogP contribution in [0.25, 0.3) is 0 Å². The molecular formula is C26H44N4O2S. The van der Waals surface area contributed by atoms with E-state index in [9.17, 15) is 8.42 Å². The van der Waals surface area contributed by atoms with Crippen molar-refractivity contribution < 1.29 is 8.42 Å². The first-order valence-corrected chi connectivity index (χ1v) is 14.5. The Labute approximate surface area is 201 Å². The Balaban J connectivity index is 1.46. The van der Waals surface area contributed by atoms with E-state index in [-0.39, 0.29) is 5.41 Å². The molecule has 6 nitrogen and oxygen atoms in total. The van der Waals surface area contributed by atoms with Crippen LogP contribution < -0.4 is 10.2 Å². The first-order chi connectivity index (χ1) is 15.9. The normalized spacial score (nSPS) is 24.2. The van der Waals surface area contributed by atoms with E-state index in [1.165, 1.54) is 45.1 Å². The highest BCUT2D eigenvalue weighted by Gasteiger charge is 2.45. The third-order valence-electron chi connectivity index (χ3n) is 7.91. The Morgan fingerprint density at radius 3 is 2.33 bits per heavy atom. The second-order valence-electron chi connectivity index (χ2n) is 10.9. The van der Waals surface area contributed by atoms with E-state index in [0.717, 1.165) is 57.0 Å². The van der Waals surface area contributed by atoms with Gasteiger partial charge in [0.15, 0.2) is 0 Å². The third-order valence-corrected chi connectivity index (χ3v) is 9.77. The molecule has 1 N–H and O–H groups in total. The summed E-state index contributed by atoms with van der Waals surface area (Å²) in [7, 11) is 0.450. The van der Waals surface area contributed by atoms with Gasteiger partial charge in [0.2, 0.25) is 10.0 Å². The van der Waals surface area contributed by atoms with Crippen molar-refractivity contribution in [2.24, 2.45) is 11.3 Å². The van der Waals surface area contributed by atoms with Gasteiger partial charge in [-0.05, 0) is 93.8 Å². The van der Waals surface area contributed by atoms with E-state index in [1.807, 2.05) is 31.1 Å². The number of hydrogen-bond acceptors (Lipinski definition) is 5. The minimum atomic E-state index is -3.50. The average Bonchev–Trinajstić information content (AvgIpc) is 3.57. The predicted octanol–water partition coefficient (Wildman–Crippen LogP) is 3.79. The molecule has 0 amide bonds. The van der Waals surface area contributed by atoms with Gasteiger partial charge < -0.3 is 15.1 Å². The lowest BCUT2D eigenvalue weighted by molar-refractivity contribution is 0.187. The summed E-state index contributed by atoms with van der Waals surface area (Å²) in [5, 5.41) is 3.66. The highest BCUT2D eigenvalue weighted by Crippen LogP contribution is 2.46. The fourth-order valence-electron chi connectivity index (χ4n) is 5.57. The minimum absolute atomic E-state index is 0.123. The summed E-state index contributed by atoms with van der Waals surface area (Å²) in [5.74, 6) is 0.824. The molecule has 2 aliphatic carbocycles. The molecule has 0 bridgehead atoms. The van der Waals surface area contributed by atoms with E-state index < -0.39 is 10.0 Å². The molecule has 0 atom stereocenters. The predicted molar refractivity (Wildman–Crippen MR) is 136 cm³/mol. The zero-order valence-corrected chi connectivity index (χ0v) is 21.6. The number of nitrogens with one attached hydrogen (secondary N) is 1. The smallest absolute Gasteiger partial charge is 0.243 e. The lowest BCUT2D eigenvalue weighted by Gasteiger charge is -2.32. The van der Waals surface area contributed by atoms with Crippen molar-refractivity contribution in [1.82, 2.24) is 14.5 Å². The summed E-state index contributed by atoms with van der Waals surface area (Å²) in [4.78, 5) is 5.03. The molecule has 1 heterocycles. The molecule has 3 fully saturated rings. The van der Waals surface area contributed by atoms with E-state index in [2.05, 4.69) is 10.2 Å². The average molecular weight is 477 g/mol. The Morgan fingerprint density at radius 2 is 1.67 bits per heavy atom. The van der Waals surface area contributed by atoms with Crippen LogP contribution in [-0.2, 0) is 10.0 Å². The van der Waals surface area contributed by atoms with Crippen LogP contribution in [-0.4, -0.2) is 77.5 Å². The van der Waals surface area contributed by atoms with Crippen LogP contribution in [0.1, 0.15) is 57.8 Å². The molecule has 1 saturated heterocycles. The first-order valence-electron chi connectivity index (χ1n) is 13.1. The van der Waals surface area contributed by atoms with Crippen LogP contribution >= 0.6 is 0 Å². The summed E-state index contributed by atoms with van der Waals surface area (Å²) in [6, 6.07) is 7.36. The van der Waals surface area contributed by atoms with Crippen molar-refractivity contribution in [3.05, 3.63) is 24.3 Å². The summed E-state index contributed by atoms with van der Waals surface area (Å²) >= 11 is 0. The van der Waals surface area contributed by atoms with Crippen molar-refractivity contribution in [1.29, 1.82) is 0 Å². The van der Waals surface area contributed by atoms with E-state index in [0.29, 0.717) is 18.0 Å². The summed E-state index contributed by atoms with van der Waals surface area (Å²) in [6.45, 7) is 6.51. The maximum absolute atomic E-state index is 13.7. The molecule has 4 rings (SSSR count). The summed E-state index contributed by atoms with van der Waals surface area (Å²) in [6.07, 6.45) is 11.2. The van der Waals surface area contributed by atoms with Crippen molar-refractivity contribution in [2.75, 3.05) is 64.8 Å². The SMILES string of the molecule is CN(C)c1ccc(S(=O)(=O)N2CCCN(CC3CCCCC3)CCCNCC3(CC3)C2)cc1. The third kappa shape index (κ3) is 6.71. The Hall–Kier alpha value is -1.15. The fourth-order valence-corrected chi connectivity index (χ4v) is 7.16. The molecule has 0 unspecified atom stereocenters. The number of anilines is 1. The number of benzene rings is 1. The second kappa shape index (κ2) is 11.1. The fraction of sp³-hybridized carbons (Fsp3) is 0.769. The Kier molecular flexibility index (Phi) is 8.37. The molecule has 1 spiro atoms. The van der Waals surface area contributed by atoms with E-state index >= 15 is 0 Å². The topological polar surface area (TPSA) is 55.9 Å². The van der Waals surface area contributed by atoms with Crippen LogP contribution in [0.5, 0.6) is 0 Å².